The Morgan fingerprint density at radius 3 is 2.58 bits per heavy atom. The second-order valence-corrected chi connectivity index (χ2v) is 4.20. The van der Waals surface area contributed by atoms with Crippen molar-refractivity contribution in [3.63, 3.8) is 0 Å². The third-order valence-electron chi connectivity index (χ3n) is 3.23. The molecule has 0 fully saturated rings. The predicted octanol–water partition coefficient (Wildman–Crippen LogP) is 1.82. The average molecular weight is 264 g/mol. The first-order valence-electron chi connectivity index (χ1n) is 5.96. The molecule has 102 valence electrons. The zero-order valence-electron chi connectivity index (χ0n) is 10.9. The minimum Gasteiger partial charge on any atom is -0.394 e. The standard InChI is InChI=1S/C12H16N4O3/c1-3-12(4-2,8-17)15-11-6-5-10(16(18)19)9(7-13)14-11/h5-6,17H,3-4,8H2,1-2H3,(H,14,15). The maximum Gasteiger partial charge on any atom is 0.305 e. The Hall–Kier alpha value is -2.20. The first-order chi connectivity index (χ1) is 9.01. The van der Waals surface area contributed by atoms with Crippen LogP contribution in [0.5, 0.6) is 0 Å². The average Bonchev–Trinajstić information content (AvgIpc) is 2.44. The zero-order chi connectivity index (χ0) is 14.5. The first-order valence-corrected chi connectivity index (χ1v) is 5.96. The third kappa shape index (κ3) is 3.17. The highest BCUT2D eigenvalue weighted by atomic mass is 16.6. The van der Waals surface area contributed by atoms with Crippen LogP contribution < -0.4 is 5.32 Å². The summed E-state index contributed by atoms with van der Waals surface area (Å²) in [6, 6.07) is 4.38. The van der Waals surface area contributed by atoms with Gasteiger partial charge in [-0.25, -0.2) is 4.98 Å². The second kappa shape index (κ2) is 6.11. The number of nitro groups is 1. The van der Waals surface area contributed by atoms with Gasteiger partial charge in [0.1, 0.15) is 11.9 Å². The van der Waals surface area contributed by atoms with Crippen LogP contribution in [0.3, 0.4) is 0 Å². The highest BCUT2D eigenvalue weighted by molar-refractivity contribution is 5.51. The van der Waals surface area contributed by atoms with Gasteiger partial charge in [0.05, 0.1) is 17.1 Å². The molecule has 0 aromatic carbocycles. The van der Waals surface area contributed by atoms with Crippen molar-refractivity contribution >= 4 is 11.5 Å². The molecule has 0 aliphatic rings. The van der Waals surface area contributed by atoms with Crippen molar-refractivity contribution in [2.75, 3.05) is 11.9 Å². The van der Waals surface area contributed by atoms with Gasteiger partial charge in [-0.15, -0.1) is 0 Å². The molecule has 0 bridgehead atoms. The van der Waals surface area contributed by atoms with Crippen LogP contribution >= 0.6 is 0 Å². The van der Waals surface area contributed by atoms with E-state index >= 15 is 0 Å². The maximum atomic E-state index is 10.7. The number of nitrogens with one attached hydrogen (secondary N) is 1. The number of nitrogens with zero attached hydrogens (tertiary/aromatic N) is 3. The van der Waals surface area contributed by atoms with Gasteiger partial charge >= 0.3 is 5.69 Å². The maximum absolute atomic E-state index is 10.7. The SMILES string of the molecule is CCC(CC)(CO)Nc1ccc([N+](=O)[O-])c(C#N)n1. The Labute approximate surface area is 111 Å². The Balaban J connectivity index is 3.11. The van der Waals surface area contributed by atoms with Crippen molar-refractivity contribution in [1.82, 2.24) is 4.98 Å². The number of hydrogen-bond donors (Lipinski definition) is 2. The molecular formula is C12H16N4O3. The number of aliphatic hydroxyl groups excluding tert-OH is 1. The van der Waals surface area contributed by atoms with E-state index in [2.05, 4.69) is 10.3 Å². The largest absolute Gasteiger partial charge is 0.394 e. The van der Waals surface area contributed by atoms with Crippen LogP contribution in [0.25, 0.3) is 0 Å². The van der Waals surface area contributed by atoms with Crippen LogP contribution in [-0.2, 0) is 0 Å². The number of pyridine rings is 1. The Morgan fingerprint density at radius 2 is 2.16 bits per heavy atom. The number of aromatic nitrogens is 1. The van der Waals surface area contributed by atoms with Crippen LogP contribution in [0.1, 0.15) is 32.4 Å². The normalized spacial score (nSPS) is 10.8. The lowest BCUT2D eigenvalue weighted by atomic mass is 9.94. The van der Waals surface area contributed by atoms with Gasteiger partial charge in [0.25, 0.3) is 0 Å². The summed E-state index contributed by atoms with van der Waals surface area (Å²) in [5.74, 6) is 0.347. The summed E-state index contributed by atoms with van der Waals surface area (Å²) < 4.78 is 0. The van der Waals surface area contributed by atoms with E-state index in [0.29, 0.717) is 18.7 Å². The van der Waals surface area contributed by atoms with Crippen molar-refractivity contribution < 1.29 is 10.0 Å². The summed E-state index contributed by atoms with van der Waals surface area (Å²) in [6.45, 7) is 3.76. The van der Waals surface area contributed by atoms with Crippen molar-refractivity contribution in [3.05, 3.63) is 27.9 Å². The van der Waals surface area contributed by atoms with Crippen molar-refractivity contribution in [2.45, 2.75) is 32.2 Å². The second-order valence-electron chi connectivity index (χ2n) is 4.20. The van der Waals surface area contributed by atoms with E-state index in [0.717, 1.165) is 0 Å². The van der Waals surface area contributed by atoms with Gasteiger partial charge in [-0.05, 0) is 18.9 Å². The molecule has 0 aliphatic heterocycles. The number of anilines is 1. The van der Waals surface area contributed by atoms with Gasteiger partial charge in [-0.1, -0.05) is 13.8 Å². The fraction of sp³-hybridized carbons (Fsp3) is 0.500. The molecule has 0 aliphatic carbocycles. The van der Waals surface area contributed by atoms with E-state index in [-0.39, 0.29) is 18.0 Å². The van der Waals surface area contributed by atoms with E-state index in [1.165, 1.54) is 12.1 Å². The molecule has 0 amide bonds. The summed E-state index contributed by atoms with van der Waals surface area (Å²) in [5, 5.41) is 32.1. The molecule has 0 unspecified atom stereocenters. The van der Waals surface area contributed by atoms with Gasteiger partial charge in [-0.3, -0.25) is 10.1 Å². The minimum atomic E-state index is -0.645. The number of nitriles is 1. The lowest BCUT2D eigenvalue weighted by Crippen LogP contribution is -2.41. The number of rotatable bonds is 6. The first kappa shape index (κ1) is 14.9. The van der Waals surface area contributed by atoms with Crippen molar-refractivity contribution in [2.24, 2.45) is 0 Å². The Kier molecular flexibility index (Phi) is 4.78. The molecule has 1 aromatic rings. The monoisotopic (exact) mass is 264 g/mol. The third-order valence-corrected chi connectivity index (χ3v) is 3.23. The quantitative estimate of drug-likeness (QED) is 0.598. The fourth-order valence-electron chi connectivity index (χ4n) is 1.71. The van der Waals surface area contributed by atoms with Gasteiger partial charge in [0, 0.05) is 6.07 Å². The summed E-state index contributed by atoms with van der Waals surface area (Å²) in [6.07, 6.45) is 1.33. The smallest absolute Gasteiger partial charge is 0.305 e. The topological polar surface area (TPSA) is 112 Å². The lowest BCUT2D eigenvalue weighted by molar-refractivity contribution is -0.385. The molecule has 0 saturated carbocycles. The van der Waals surface area contributed by atoms with Crippen LogP contribution in [0.4, 0.5) is 11.5 Å². The molecule has 1 heterocycles. The Morgan fingerprint density at radius 1 is 1.53 bits per heavy atom. The molecule has 1 aromatic heterocycles. The summed E-state index contributed by atoms with van der Waals surface area (Å²) in [4.78, 5) is 14.0. The van der Waals surface area contributed by atoms with E-state index in [4.69, 9.17) is 5.26 Å². The van der Waals surface area contributed by atoms with Gasteiger partial charge in [-0.2, -0.15) is 5.26 Å². The van der Waals surface area contributed by atoms with E-state index in [9.17, 15) is 15.2 Å². The molecule has 1 rings (SSSR count). The van der Waals surface area contributed by atoms with Crippen molar-refractivity contribution in [1.29, 1.82) is 5.26 Å². The summed E-state index contributed by atoms with van der Waals surface area (Å²) >= 11 is 0. The van der Waals surface area contributed by atoms with Gasteiger partial charge in [0.15, 0.2) is 0 Å². The van der Waals surface area contributed by atoms with Crippen molar-refractivity contribution in [3.8, 4) is 6.07 Å². The highest BCUT2D eigenvalue weighted by Gasteiger charge is 2.26. The van der Waals surface area contributed by atoms with Crippen LogP contribution in [0.15, 0.2) is 12.1 Å². The zero-order valence-corrected chi connectivity index (χ0v) is 10.9. The van der Waals surface area contributed by atoms with Crippen LogP contribution in [-0.4, -0.2) is 27.2 Å². The summed E-state index contributed by atoms with van der Waals surface area (Å²) in [5.41, 5.74) is -1.10. The molecule has 0 spiro atoms. The van der Waals surface area contributed by atoms with Crippen LogP contribution in [0, 0.1) is 21.4 Å². The molecule has 0 radical (unpaired) electrons. The molecular weight excluding hydrogens is 248 g/mol. The molecule has 7 nitrogen and oxygen atoms in total. The highest BCUT2D eigenvalue weighted by Crippen LogP contribution is 2.23. The number of hydrogen-bond acceptors (Lipinski definition) is 6. The van der Waals surface area contributed by atoms with E-state index < -0.39 is 10.5 Å². The van der Waals surface area contributed by atoms with Gasteiger partial charge < -0.3 is 10.4 Å². The molecule has 0 saturated heterocycles. The fourth-order valence-corrected chi connectivity index (χ4v) is 1.71. The minimum absolute atomic E-state index is 0.0828. The molecule has 7 heteroatoms. The molecule has 0 atom stereocenters. The number of aliphatic hydroxyl groups is 1. The lowest BCUT2D eigenvalue weighted by Gasteiger charge is -2.31. The van der Waals surface area contributed by atoms with Gasteiger partial charge in [0.2, 0.25) is 5.69 Å². The van der Waals surface area contributed by atoms with E-state index in [1.807, 2.05) is 13.8 Å². The molecule has 2 N–H and O–H groups in total. The predicted molar refractivity (Wildman–Crippen MR) is 69.6 cm³/mol. The summed E-state index contributed by atoms with van der Waals surface area (Å²) in [7, 11) is 0. The van der Waals surface area contributed by atoms with E-state index in [1.54, 1.807) is 6.07 Å². The van der Waals surface area contributed by atoms with Crippen LogP contribution in [0.2, 0.25) is 0 Å². The Bertz CT molecular complexity index is 498. The molecule has 19 heavy (non-hydrogen) atoms.